The molecule has 0 radical (unpaired) electrons. The molecule has 1 aromatic carbocycles. The first-order valence-corrected chi connectivity index (χ1v) is 6.97. The Balaban J connectivity index is 2.86. The first-order valence-electron chi connectivity index (χ1n) is 6.97. The standard InChI is InChI=1S/C17H22N2O3/c1-12(8-9-16(20)18-22)10-13(2)17(21)14-6-5-7-15(11-14)19(3)4/h5-11,13,22H,1-4H3,(H,18,20)/b9-8+,12-10+/t13-/m1/s1. The van der Waals surface area contributed by atoms with Crippen molar-refractivity contribution in [3.63, 3.8) is 0 Å². The molecular weight excluding hydrogens is 280 g/mol. The van der Waals surface area contributed by atoms with Gasteiger partial charge in [-0.05, 0) is 19.1 Å². The van der Waals surface area contributed by atoms with Crippen molar-refractivity contribution in [3.05, 3.63) is 53.6 Å². The van der Waals surface area contributed by atoms with Crippen LogP contribution in [0, 0.1) is 5.92 Å². The average Bonchev–Trinajstić information content (AvgIpc) is 2.51. The predicted molar refractivity (Wildman–Crippen MR) is 87.1 cm³/mol. The molecule has 0 fully saturated rings. The lowest BCUT2D eigenvalue weighted by atomic mass is 9.96. The molecule has 1 rings (SSSR count). The van der Waals surface area contributed by atoms with E-state index in [0.29, 0.717) is 5.56 Å². The molecule has 0 aliphatic heterocycles. The summed E-state index contributed by atoms with van der Waals surface area (Å²) in [6.45, 7) is 3.61. The zero-order valence-corrected chi connectivity index (χ0v) is 13.3. The van der Waals surface area contributed by atoms with Crippen LogP contribution in [-0.2, 0) is 4.79 Å². The van der Waals surface area contributed by atoms with Gasteiger partial charge in [0.05, 0.1) is 0 Å². The number of hydrogen-bond donors (Lipinski definition) is 2. The summed E-state index contributed by atoms with van der Waals surface area (Å²) in [5.41, 5.74) is 3.91. The van der Waals surface area contributed by atoms with Crippen LogP contribution in [0.1, 0.15) is 24.2 Å². The molecule has 0 aromatic heterocycles. The number of rotatable bonds is 6. The Morgan fingerprint density at radius 1 is 1.27 bits per heavy atom. The highest BCUT2D eigenvalue weighted by Gasteiger charge is 2.13. The van der Waals surface area contributed by atoms with Crippen LogP contribution in [0.5, 0.6) is 0 Å². The molecule has 22 heavy (non-hydrogen) atoms. The van der Waals surface area contributed by atoms with Crippen molar-refractivity contribution in [1.29, 1.82) is 0 Å². The number of anilines is 1. The van der Waals surface area contributed by atoms with Crippen molar-refractivity contribution in [3.8, 4) is 0 Å². The van der Waals surface area contributed by atoms with Crippen LogP contribution in [0.2, 0.25) is 0 Å². The van der Waals surface area contributed by atoms with E-state index in [1.54, 1.807) is 25.1 Å². The van der Waals surface area contributed by atoms with Gasteiger partial charge in [-0.3, -0.25) is 14.8 Å². The second-order valence-electron chi connectivity index (χ2n) is 5.32. The van der Waals surface area contributed by atoms with Crippen LogP contribution in [0.3, 0.4) is 0 Å². The molecule has 1 aromatic rings. The van der Waals surface area contributed by atoms with Crippen LogP contribution in [0.25, 0.3) is 0 Å². The number of amides is 1. The van der Waals surface area contributed by atoms with Crippen molar-refractivity contribution >= 4 is 17.4 Å². The fourth-order valence-electron chi connectivity index (χ4n) is 1.97. The van der Waals surface area contributed by atoms with E-state index < -0.39 is 5.91 Å². The number of hydroxylamine groups is 1. The van der Waals surface area contributed by atoms with Crippen LogP contribution in [-0.4, -0.2) is 31.0 Å². The Kier molecular flexibility index (Phi) is 6.53. The number of ketones is 1. The second-order valence-corrected chi connectivity index (χ2v) is 5.32. The Morgan fingerprint density at radius 3 is 2.55 bits per heavy atom. The molecule has 1 amide bonds. The molecule has 0 heterocycles. The largest absolute Gasteiger partial charge is 0.378 e. The number of hydrogen-bond acceptors (Lipinski definition) is 4. The lowest BCUT2D eigenvalue weighted by molar-refractivity contribution is -0.124. The number of nitrogens with one attached hydrogen (secondary N) is 1. The van der Waals surface area contributed by atoms with Gasteiger partial charge in [0.1, 0.15) is 0 Å². The SMILES string of the molecule is CC(/C=C/C(=O)NO)=C\[C@@H](C)C(=O)c1cccc(N(C)C)c1. The number of allylic oxidation sites excluding steroid dienone is 3. The Hall–Kier alpha value is -2.40. The van der Waals surface area contributed by atoms with Gasteiger partial charge in [0.25, 0.3) is 5.91 Å². The number of carbonyl (C=O) groups excluding carboxylic acids is 2. The van der Waals surface area contributed by atoms with Gasteiger partial charge in [-0.2, -0.15) is 0 Å². The van der Waals surface area contributed by atoms with Crippen molar-refractivity contribution in [2.24, 2.45) is 5.92 Å². The summed E-state index contributed by atoms with van der Waals surface area (Å²) in [6, 6.07) is 7.46. The summed E-state index contributed by atoms with van der Waals surface area (Å²) in [5, 5.41) is 8.41. The first kappa shape index (κ1) is 17.7. The third kappa shape index (κ3) is 5.18. The molecule has 0 spiro atoms. The van der Waals surface area contributed by atoms with Crippen molar-refractivity contribution in [1.82, 2.24) is 5.48 Å². The summed E-state index contributed by atoms with van der Waals surface area (Å²) in [7, 11) is 3.85. The number of Topliss-reactive ketones (excluding diaryl/α,β-unsaturated/α-hetero) is 1. The topological polar surface area (TPSA) is 69.6 Å². The van der Waals surface area contributed by atoms with Crippen molar-refractivity contribution in [2.45, 2.75) is 13.8 Å². The van der Waals surface area contributed by atoms with Gasteiger partial charge >= 0.3 is 0 Å². The predicted octanol–water partition coefficient (Wildman–Crippen LogP) is 2.58. The van der Waals surface area contributed by atoms with Gasteiger partial charge in [-0.1, -0.05) is 36.8 Å². The van der Waals surface area contributed by atoms with Gasteiger partial charge in [0.2, 0.25) is 0 Å². The van der Waals surface area contributed by atoms with Gasteiger partial charge < -0.3 is 4.90 Å². The molecule has 1 atom stereocenters. The van der Waals surface area contributed by atoms with E-state index in [1.807, 2.05) is 44.1 Å². The zero-order chi connectivity index (χ0) is 16.7. The Morgan fingerprint density at radius 2 is 1.95 bits per heavy atom. The second kappa shape index (κ2) is 8.14. The third-order valence-corrected chi connectivity index (χ3v) is 3.18. The zero-order valence-electron chi connectivity index (χ0n) is 13.3. The molecular formula is C17H22N2O3. The lowest BCUT2D eigenvalue weighted by Crippen LogP contribution is -2.15. The van der Waals surface area contributed by atoms with Crippen LogP contribution in [0.15, 0.2) is 48.1 Å². The normalized spacial score (nSPS) is 13.0. The maximum absolute atomic E-state index is 12.4. The highest BCUT2D eigenvalue weighted by atomic mass is 16.5. The summed E-state index contributed by atoms with van der Waals surface area (Å²) >= 11 is 0. The van der Waals surface area contributed by atoms with Crippen molar-refractivity contribution < 1.29 is 14.8 Å². The minimum Gasteiger partial charge on any atom is -0.378 e. The summed E-state index contributed by atoms with van der Waals surface area (Å²) in [4.78, 5) is 25.3. The van der Waals surface area contributed by atoms with Gasteiger partial charge in [-0.25, -0.2) is 5.48 Å². The van der Waals surface area contributed by atoms with Gasteiger partial charge in [0.15, 0.2) is 5.78 Å². The average molecular weight is 302 g/mol. The summed E-state index contributed by atoms with van der Waals surface area (Å²) in [5.74, 6) is -0.896. The smallest absolute Gasteiger partial charge is 0.267 e. The molecule has 118 valence electrons. The molecule has 0 aliphatic carbocycles. The molecule has 2 N–H and O–H groups in total. The van der Waals surface area contributed by atoms with E-state index in [0.717, 1.165) is 11.3 Å². The number of carbonyl (C=O) groups is 2. The highest BCUT2D eigenvalue weighted by molar-refractivity contribution is 5.99. The molecule has 0 unspecified atom stereocenters. The maximum atomic E-state index is 12.4. The first-order chi connectivity index (χ1) is 10.3. The fraction of sp³-hybridized carbons (Fsp3) is 0.294. The van der Waals surface area contributed by atoms with E-state index in [-0.39, 0.29) is 11.7 Å². The van der Waals surface area contributed by atoms with Crippen LogP contribution >= 0.6 is 0 Å². The molecule has 0 bridgehead atoms. The van der Waals surface area contributed by atoms with E-state index in [1.165, 1.54) is 11.6 Å². The lowest BCUT2D eigenvalue weighted by Gasteiger charge is -2.14. The van der Waals surface area contributed by atoms with E-state index in [4.69, 9.17) is 5.21 Å². The molecule has 0 saturated carbocycles. The summed E-state index contributed by atoms with van der Waals surface area (Å²) in [6.07, 6.45) is 4.53. The minimum absolute atomic E-state index is 0.0167. The molecule has 5 nitrogen and oxygen atoms in total. The van der Waals surface area contributed by atoms with Crippen LogP contribution < -0.4 is 10.4 Å². The number of nitrogens with zero attached hydrogens (tertiary/aromatic N) is 1. The minimum atomic E-state index is -0.606. The van der Waals surface area contributed by atoms with Crippen molar-refractivity contribution in [2.75, 3.05) is 19.0 Å². The Bertz CT molecular complexity index is 604. The quantitative estimate of drug-likeness (QED) is 0.279. The third-order valence-electron chi connectivity index (χ3n) is 3.18. The maximum Gasteiger partial charge on any atom is 0.267 e. The highest BCUT2D eigenvalue weighted by Crippen LogP contribution is 2.18. The molecule has 0 aliphatic rings. The van der Waals surface area contributed by atoms with E-state index >= 15 is 0 Å². The Labute approximate surface area is 130 Å². The summed E-state index contributed by atoms with van der Waals surface area (Å²) < 4.78 is 0. The van der Waals surface area contributed by atoms with E-state index in [2.05, 4.69) is 0 Å². The fourth-order valence-corrected chi connectivity index (χ4v) is 1.97. The molecule has 5 heteroatoms. The monoisotopic (exact) mass is 302 g/mol. The van der Waals surface area contributed by atoms with E-state index in [9.17, 15) is 9.59 Å². The number of benzene rings is 1. The van der Waals surface area contributed by atoms with Gasteiger partial charge in [0, 0.05) is 37.3 Å². The molecule has 0 saturated heterocycles. The van der Waals surface area contributed by atoms with Gasteiger partial charge in [-0.15, -0.1) is 0 Å². The van der Waals surface area contributed by atoms with Crippen LogP contribution in [0.4, 0.5) is 5.69 Å².